The second kappa shape index (κ2) is 4.79. The van der Waals surface area contributed by atoms with Gasteiger partial charge in [0.15, 0.2) is 5.78 Å². The van der Waals surface area contributed by atoms with Gasteiger partial charge in [-0.15, -0.1) is 0 Å². The number of nitriles is 1. The molecular formula is C13H21NO. The minimum absolute atomic E-state index is 0.191. The third kappa shape index (κ3) is 2.81. The van der Waals surface area contributed by atoms with E-state index in [2.05, 4.69) is 19.9 Å². The smallest absolute Gasteiger partial charge is 0.155 e. The Balaban J connectivity index is 2.69. The van der Waals surface area contributed by atoms with Crippen LogP contribution in [0.3, 0.4) is 0 Å². The molecule has 15 heavy (non-hydrogen) atoms. The van der Waals surface area contributed by atoms with Crippen molar-refractivity contribution in [1.29, 1.82) is 5.26 Å². The molecule has 0 radical (unpaired) electrons. The van der Waals surface area contributed by atoms with E-state index < -0.39 is 0 Å². The van der Waals surface area contributed by atoms with E-state index >= 15 is 0 Å². The van der Waals surface area contributed by atoms with Crippen molar-refractivity contribution in [1.82, 2.24) is 0 Å². The van der Waals surface area contributed by atoms with Crippen LogP contribution in [0.1, 0.15) is 52.9 Å². The maximum atomic E-state index is 12.2. The molecule has 1 aliphatic carbocycles. The first-order valence-electron chi connectivity index (χ1n) is 5.93. The Kier molecular flexibility index (Phi) is 3.90. The Morgan fingerprint density at radius 3 is 2.33 bits per heavy atom. The lowest BCUT2D eigenvalue weighted by molar-refractivity contribution is -0.130. The van der Waals surface area contributed by atoms with Crippen LogP contribution in [0.4, 0.5) is 0 Å². The molecule has 0 spiro atoms. The van der Waals surface area contributed by atoms with E-state index in [0.717, 1.165) is 25.7 Å². The lowest BCUT2D eigenvalue weighted by Crippen LogP contribution is -2.31. The Hall–Kier alpha value is -0.840. The van der Waals surface area contributed by atoms with Crippen LogP contribution in [0.2, 0.25) is 0 Å². The summed E-state index contributed by atoms with van der Waals surface area (Å²) in [5.74, 6) is 0.230. The molecule has 0 aromatic rings. The van der Waals surface area contributed by atoms with Gasteiger partial charge in [0.05, 0.1) is 6.07 Å². The lowest BCUT2D eigenvalue weighted by atomic mass is 9.76. The number of carbonyl (C=O) groups excluding carboxylic acids is 1. The monoisotopic (exact) mass is 207 g/mol. The van der Waals surface area contributed by atoms with Crippen molar-refractivity contribution in [2.75, 3.05) is 0 Å². The van der Waals surface area contributed by atoms with E-state index in [4.69, 9.17) is 5.26 Å². The fourth-order valence-electron chi connectivity index (χ4n) is 2.51. The molecule has 0 N–H and O–H groups in total. The zero-order valence-electron chi connectivity index (χ0n) is 10.0. The molecule has 0 bridgehead atoms. The number of hydrogen-bond donors (Lipinski definition) is 0. The maximum Gasteiger partial charge on any atom is 0.155 e. The normalized spacial score (nSPS) is 21.3. The fourth-order valence-corrected chi connectivity index (χ4v) is 2.51. The van der Waals surface area contributed by atoms with Crippen molar-refractivity contribution in [3.8, 4) is 6.07 Å². The highest BCUT2D eigenvalue weighted by molar-refractivity contribution is 5.88. The van der Waals surface area contributed by atoms with Gasteiger partial charge in [0, 0.05) is 5.41 Å². The van der Waals surface area contributed by atoms with Crippen LogP contribution in [-0.4, -0.2) is 5.78 Å². The van der Waals surface area contributed by atoms with Crippen molar-refractivity contribution >= 4 is 5.78 Å². The van der Waals surface area contributed by atoms with Gasteiger partial charge >= 0.3 is 0 Å². The summed E-state index contributed by atoms with van der Waals surface area (Å²) in [4.78, 5) is 12.2. The van der Waals surface area contributed by atoms with Crippen LogP contribution in [0.15, 0.2) is 0 Å². The highest BCUT2D eigenvalue weighted by atomic mass is 16.1. The lowest BCUT2D eigenvalue weighted by Gasteiger charge is -2.25. The number of nitrogens with zero attached hydrogens (tertiary/aromatic N) is 1. The molecule has 0 saturated heterocycles. The van der Waals surface area contributed by atoms with Crippen molar-refractivity contribution in [2.24, 2.45) is 17.3 Å². The fraction of sp³-hybridized carbons (Fsp3) is 0.846. The SMILES string of the molecule is CC(C)CC(C#N)C(=O)C1(C)CCCC1. The van der Waals surface area contributed by atoms with Gasteiger partial charge in [0.2, 0.25) is 0 Å². The van der Waals surface area contributed by atoms with Crippen molar-refractivity contribution in [3.05, 3.63) is 0 Å². The van der Waals surface area contributed by atoms with Crippen molar-refractivity contribution < 1.29 is 4.79 Å². The molecule has 0 amide bonds. The number of hydrogen-bond acceptors (Lipinski definition) is 2. The summed E-state index contributed by atoms with van der Waals surface area (Å²) in [6.45, 7) is 6.16. The van der Waals surface area contributed by atoms with Crippen LogP contribution in [-0.2, 0) is 4.79 Å². The minimum Gasteiger partial charge on any atom is -0.298 e. The molecule has 1 rings (SSSR count). The molecule has 1 fully saturated rings. The molecule has 84 valence electrons. The predicted molar refractivity (Wildman–Crippen MR) is 60.1 cm³/mol. The molecule has 2 heteroatoms. The van der Waals surface area contributed by atoms with E-state index in [-0.39, 0.29) is 17.1 Å². The molecule has 1 aliphatic rings. The predicted octanol–water partition coefficient (Wildman–Crippen LogP) is 3.32. The number of ketones is 1. The zero-order chi connectivity index (χ0) is 11.5. The topological polar surface area (TPSA) is 40.9 Å². The van der Waals surface area contributed by atoms with E-state index in [1.807, 2.05) is 6.92 Å². The summed E-state index contributed by atoms with van der Waals surface area (Å²) in [5.41, 5.74) is -0.199. The summed E-state index contributed by atoms with van der Waals surface area (Å²) < 4.78 is 0. The van der Waals surface area contributed by atoms with Crippen molar-refractivity contribution in [2.45, 2.75) is 52.9 Å². The standard InChI is InChI=1S/C13H21NO/c1-10(2)8-11(9-14)12(15)13(3)6-4-5-7-13/h10-11H,4-8H2,1-3H3. The van der Waals surface area contributed by atoms with Gasteiger partial charge in [-0.3, -0.25) is 4.79 Å². The zero-order valence-corrected chi connectivity index (χ0v) is 10.0. The van der Waals surface area contributed by atoms with Gasteiger partial charge in [-0.05, 0) is 25.2 Å². The Bertz CT molecular complexity index is 269. The molecule has 2 nitrogen and oxygen atoms in total. The molecule has 1 saturated carbocycles. The third-order valence-electron chi connectivity index (χ3n) is 3.48. The summed E-state index contributed by atoms with van der Waals surface area (Å²) in [5, 5.41) is 9.05. The number of rotatable bonds is 4. The molecule has 0 aromatic carbocycles. The summed E-state index contributed by atoms with van der Waals surface area (Å²) in [7, 11) is 0. The van der Waals surface area contributed by atoms with Gasteiger partial charge < -0.3 is 0 Å². The van der Waals surface area contributed by atoms with Gasteiger partial charge in [-0.2, -0.15) is 5.26 Å². The molecular weight excluding hydrogens is 186 g/mol. The van der Waals surface area contributed by atoms with Crippen LogP contribution in [0, 0.1) is 28.6 Å². The molecule has 0 heterocycles. The van der Waals surface area contributed by atoms with Crippen molar-refractivity contribution in [3.63, 3.8) is 0 Å². The van der Waals surface area contributed by atoms with E-state index in [0.29, 0.717) is 12.3 Å². The second-order valence-corrected chi connectivity index (χ2v) is 5.44. The van der Waals surface area contributed by atoms with Crippen LogP contribution in [0.5, 0.6) is 0 Å². The second-order valence-electron chi connectivity index (χ2n) is 5.44. The summed E-state index contributed by atoms with van der Waals surface area (Å²) in [6, 6.07) is 2.19. The highest BCUT2D eigenvalue weighted by Gasteiger charge is 2.39. The molecule has 1 atom stereocenters. The Labute approximate surface area is 92.7 Å². The van der Waals surface area contributed by atoms with Gasteiger partial charge in [0.25, 0.3) is 0 Å². The molecule has 0 aliphatic heterocycles. The number of Topliss-reactive ketones (excluding diaryl/α,β-unsaturated/α-hetero) is 1. The quantitative estimate of drug-likeness (QED) is 0.709. The Morgan fingerprint density at radius 2 is 1.93 bits per heavy atom. The highest BCUT2D eigenvalue weighted by Crippen LogP contribution is 2.40. The maximum absolute atomic E-state index is 12.2. The van der Waals surface area contributed by atoms with E-state index in [1.54, 1.807) is 0 Å². The Morgan fingerprint density at radius 1 is 1.40 bits per heavy atom. The van der Waals surface area contributed by atoms with Gasteiger partial charge in [0.1, 0.15) is 5.92 Å². The first kappa shape index (κ1) is 12.2. The minimum atomic E-state index is -0.381. The van der Waals surface area contributed by atoms with Crippen LogP contribution >= 0.6 is 0 Å². The van der Waals surface area contributed by atoms with E-state index in [1.165, 1.54) is 0 Å². The summed E-state index contributed by atoms with van der Waals surface area (Å²) >= 11 is 0. The van der Waals surface area contributed by atoms with Gasteiger partial charge in [-0.25, -0.2) is 0 Å². The average Bonchev–Trinajstić information content (AvgIpc) is 2.61. The summed E-state index contributed by atoms with van der Waals surface area (Å²) in [6.07, 6.45) is 4.94. The van der Waals surface area contributed by atoms with Gasteiger partial charge in [-0.1, -0.05) is 33.6 Å². The van der Waals surface area contributed by atoms with E-state index in [9.17, 15) is 4.79 Å². The third-order valence-corrected chi connectivity index (χ3v) is 3.48. The molecule has 0 aromatic heterocycles. The van der Waals surface area contributed by atoms with Crippen LogP contribution in [0.25, 0.3) is 0 Å². The number of carbonyl (C=O) groups is 1. The average molecular weight is 207 g/mol. The largest absolute Gasteiger partial charge is 0.298 e. The first-order valence-corrected chi connectivity index (χ1v) is 5.93. The van der Waals surface area contributed by atoms with Crippen LogP contribution < -0.4 is 0 Å². The molecule has 1 unspecified atom stereocenters. The first-order chi connectivity index (χ1) is 6.99.